The standard InChI is InChI=1S/C13H21NO/c1-13(2,3)14-8-4-6-11(14)10-12-7-5-9-15-12/h5,7,9,11H,4,6,8,10H2,1-3H3. The molecule has 0 bridgehead atoms. The molecule has 0 spiro atoms. The van der Waals surface area contributed by atoms with Gasteiger partial charge >= 0.3 is 0 Å². The van der Waals surface area contributed by atoms with Gasteiger partial charge in [0.1, 0.15) is 5.76 Å². The van der Waals surface area contributed by atoms with Gasteiger partial charge in [-0.15, -0.1) is 0 Å². The highest BCUT2D eigenvalue weighted by atomic mass is 16.3. The monoisotopic (exact) mass is 207 g/mol. The summed E-state index contributed by atoms with van der Waals surface area (Å²) < 4.78 is 5.43. The molecule has 1 aromatic rings. The number of furan rings is 1. The van der Waals surface area contributed by atoms with E-state index < -0.39 is 0 Å². The van der Waals surface area contributed by atoms with Crippen molar-refractivity contribution in [1.82, 2.24) is 4.90 Å². The van der Waals surface area contributed by atoms with Gasteiger partial charge in [0, 0.05) is 18.0 Å². The molecule has 1 fully saturated rings. The van der Waals surface area contributed by atoms with Gasteiger partial charge in [0.15, 0.2) is 0 Å². The molecule has 1 atom stereocenters. The first-order chi connectivity index (χ1) is 7.07. The summed E-state index contributed by atoms with van der Waals surface area (Å²) in [7, 11) is 0. The minimum absolute atomic E-state index is 0.285. The number of hydrogen-bond acceptors (Lipinski definition) is 2. The van der Waals surface area contributed by atoms with E-state index in [0.29, 0.717) is 6.04 Å². The van der Waals surface area contributed by atoms with Crippen molar-refractivity contribution in [2.45, 2.75) is 51.6 Å². The Kier molecular flexibility index (Phi) is 2.87. The summed E-state index contributed by atoms with van der Waals surface area (Å²) in [5.74, 6) is 1.12. The molecule has 2 rings (SSSR count). The average Bonchev–Trinajstić information content (AvgIpc) is 2.73. The Morgan fingerprint density at radius 1 is 1.47 bits per heavy atom. The van der Waals surface area contributed by atoms with Gasteiger partial charge in [-0.1, -0.05) is 0 Å². The van der Waals surface area contributed by atoms with Gasteiger partial charge in [-0.25, -0.2) is 0 Å². The summed E-state index contributed by atoms with van der Waals surface area (Å²) in [5, 5.41) is 0. The molecule has 2 heterocycles. The van der Waals surface area contributed by atoms with Gasteiger partial charge in [-0.3, -0.25) is 4.90 Å². The molecule has 1 aliphatic heterocycles. The summed E-state index contributed by atoms with van der Waals surface area (Å²) in [6, 6.07) is 4.72. The second kappa shape index (κ2) is 4.01. The van der Waals surface area contributed by atoms with Crippen LogP contribution in [0.1, 0.15) is 39.4 Å². The third kappa shape index (κ3) is 2.43. The molecule has 0 amide bonds. The van der Waals surface area contributed by atoms with Crippen molar-refractivity contribution in [3.05, 3.63) is 24.2 Å². The fourth-order valence-corrected chi connectivity index (χ4v) is 2.59. The Balaban J connectivity index is 2.03. The number of likely N-dealkylation sites (tertiary alicyclic amines) is 1. The predicted octanol–water partition coefficient (Wildman–Crippen LogP) is 3.09. The van der Waals surface area contributed by atoms with Gasteiger partial charge in [0.25, 0.3) is 0 Å². The smallest absolute Gasteiger partial charge is 0.105 e. The molecular weight excluding hydrogens is 186 g/mol. The molecule has 2 nitrogen and oxygen atoms in total. The van der Waals surface area contributed by atoms with Gasteiger partial charge in [-0.05, 0) is 52.3 Å². The van der Waals surface area contributed by atoms with Crippen LogP contribution in [0.4, 0.5) is 0 Å². The highest BCUT2D eigenvalue weighted by molar-refractivity contribution is 5.03. The lowest BCUT2D eigenvalue weighted by molar-refractivity contribution is 0.118. The number of nitrogens with zero attached hydrogens (tertiary/aromatic N) is 1. The Bertz CT molecular complexity index is 297. The lowest BCUT2D eigenvalue weighted by Gasteiger charge is -2.36. The van der Waals surface area contributed by atoms with E-state index >= 15 is 0 Å². The number of rotatable bonds is 2. The highest BCUT2D eigenvalue weighted by Crippen LogP contribution is 2.28. The molecule has 0 radical (unpaired) electrons. The molecule has 1 unspecified atom stereocenters. The van der Waals surface area contributed by atoms with E-state index in [0.717, 1.165) is 12.2 Å². The van der Waals surface area contributed by atoms with Crippen molar-refractivity contribution in [1.29, 1.82) is 0 Å². The first-order valence-electron chi connectivity index (χ1n) is 5.86. The van der Waals surface area contributed by atoms with Crippen LogP contribution in [0.2, 0.25) is 0 Å². The van der Waals surface area contributed by atoms with Crippen LogP contribution >= 0.6 is 0 Å². The predicted molar refractivity (Wildman–Crippen MR) is 61.9 cm³/mol. The molecular formula is C13H21NO. The third-order valence-corrected chi connectivity index (χ3v) is 3.26. The molecule has 15 heavy (non-hydrogen) atoms. The maximum atomic E-state index is 5.43. The Morgan fingerprint density at radius 3 is 2.87 bits per heavy atom. The van der Waals surface area contributed by atoms with E-state index in [-0.39, 0.29) is 5.54 Å². The van der Waals surface area contributed by atoms with Gasteiger partial charge in [0.05, 0.1) is 6.26 Å². The van der Waals surface area contributed by atoms with Crippen LogP contribution in [-0.2, 0) is 6.42 Å². The first kappa shape index (κ1) is 10.7. The average molecular weight is 207 g/mol. The summed E-state index contributed by atoms with van der Waals surface area (Å²) >= 11 is 0. The van der Waals surface area contributed by atoms with Crippen LogP contribution in [0, 0.1) is 0 Å². The van der Waals surface area contributed by atoms with Gasteiger partial charge in [0.2, 0.25) is 0 Å². The molecule has 1 aromatic heterocycles. The van der Waals surface area contributed by atoms with Crippen LogP contribution in [0.25, 0.3) is 0 Å². The maximum absolute atomic E-state index is 5.43. The lowest BCUT2D eigenvalue weighted by atomic mass is 10.0. The van der Waals surface area contributed by atoms with Crippen molar-refractivity contribution in [2.75, 3.05) is 6.54 Å². The van der Waals surface area contributed by atoms with Crippen LogP contribution < -0.4 is 0 Å². The van der Waals surface area contributed by atoms with E-state index in [9.17, 15) is 0 Å². The second-order valence-corrected chi connectivity index (χ2v) is 5.44. The van der Waals surface area contributed by atoms with Gasteiger partial charge in [-0.2, -0.15) is 0 Å². The van der Waals surface area contributed by atoms with Crippen molar-refractivity contribution in [3.8, 4) is 0 Å². The van der Waals surface area contributed by atoms with Crippen molar-refractivity contribution >= 4 is 0 Å². The van der Waals surface area contributed by atoms with E-state index in [2.05, 4.69) is 31.7 Å². The zero-order chi connectivity index (χ0) is 10.9. The summed E-state index contributed by atoms with van der Waals surface area (Å²) in [6.45, 7) is 8.13. The van der Waals surface area contributed by atoms with Crippen LogP contribution in [-0.4, -0.2) is 23.0 Å². The fourth-order valence-electron chi connectivity index (χ4n) is 2.59. The zero-order valence-corrected chi connectivity index (χ0v) is 9.99. The Labute approximate surface area is 92.3 Å². The topological polar surface area (TPSA) is 16.4 Å². The molecule has 0 aliphatic carbocycles. The first-order valence-corrected chi connectivity index (χ1v) is 5.86. The minimum Gasteiger partial charge on any atom is -0.469 e. The SMILES string of the molecule is CC(C)(C)N1CCCC1Cc1ccco1. The molecule has 2 heteroatoms. The largest absolute Gasteiger partial charge is 0.469 e. The van der Waals surface area contributed by atoms with E-state index in [4.69, 9.17) is 4.42 Å². The molecule has 0 aromatic carbocycles. The molecule has 84 valence electrons. The molecule has 1 aliphatic rings. The Hall–Kier alpha value is -0.760. The van der Waals surface area contributed by atoms with Crippen LogP contribution in [0.5, 0.6) is 0 Å². The van der Waals surface area contributed by atoms with Crippen molar-refractivity contribution in [3.63, 3.8) is 0 Å². The Morgan fingerprint density at radius 2 is 2.27 bits per heavy atom. The zero-order valence-electron chi connectivity index (χ0n) is 9.99. The number of hydrogen-bond donors (Lipinski definition) is 0. The fraction of sp³-hybridized carbons (Fsp3) is 0.692. The van der Waals surface area contributed by atoms with Gasteiger partial charge < -0.3 is 4.42 Å². The lowest BCUT2D eigenvalue weighted by Crippen LogP contribution is -2.45. The minimum atomic E-state index is 0.285. The third-order valence-electron chi connectivity index (χ3n) is 3.26. The maximum Gasteiger partial charge on any atom is 0.105 e. The van der Waals surface area contributed by atoms with Crippen molar-refractivity contribution < 1.29 is 4.42 Å². The van der Waals surface area contributed by atoms with E-state index in [1.54, 1.807) is 6.26 Å². The second-order valence-electron chi connectivity index (χ2n) is 5.44. The summed E-state index contributed by atoms with van der Waals surface area (Å²) in [5.41, 5.74) is 0.285. The van der Waals surface area contributed by atoms with Crippen LogP contribution in [0.3, 0.4) is 0 Å². The quantitative estimate of drug-likeness (QED) is 0.741. The van der Waals surface area contributed by atoms with Crippen molar-refractivity contribution in [2.24, 2.45) is 0 Å². The highest BCUT2D eigenvalue weighted by Gasteiger charge is 2.33. The molecule has 0 N–H and O–H groups in total. The summed E-state index contributed by atoms with van der Waals surface area (Å²) in [4.78, 5) is 2.61. The van der Waals surface area contributed by atoms with E-state index in [1.807, 2.05) is 6.07 Å². The van der Waals surface area contributed by atoms with E-state index in [1.165, 1.54) is 19.4 Å². The summed E-state index contributed by atoms with van der Waals surface area (Å²) in [6.07, 6.45) is 5.45. The molecule has 0 saturated carbocycles. The van der Waals surface area contributed by atoms with Crippen LogP contribution in [0.15, 0.2) is 22.8 Å². The molecule has 1 saturated heterocycles. The normalized spacial score (nSPS) is 23.5.